The number of hydrogen-bond donors (Lipinski definition) is 1. The lowest BCUT2D eigenvalue weighted by atomic mass is 10.3. The maximum absolute atomic E-state index is 12.5. The number of nitrogens with zero attached hydrogens (tertiary/aromatic N) is 2. The monoisotopic (exact) mass is 283 g/mol. The first-order valence-corrected chi connectivity index (χ1v) is 6.25. The molecule has 0 unspecified atom stereocenters. The van der Waals surface area contributed by atoms with Gasteiger partial charge in [0.15, 0.2) is 5.89 Å². The van der Waals surface area contributed by atoms with Gasteiger partial charge in [-0.2, -0.15) is 13.2 Å². The van der Waals surface area contributed by atoms with E-state index in [1.54, 1.807) is 6.20 Å². The van der Waals surface area contributed by atoms with Crippen molar-refractivity contribution in [2.24, 2.45) is 0 Å². The van der Waals surface area contributed by atoms with Gasteiger partial charge in [-0.3, -0.25) is 0 Å². The topological polar surface area (TPSA) is 51.0 Å². The zero-order valence-corrected chi connectivity index (χ0v) is 10.4. The molecule has 2 aromatic rings. The third-order valence-corrected chi connectivity index (χ3v) is 2.98. The molecule has 20 heavy (non-hydrogen) atoms. The second-order valence-electron chi connectivity index (χ2n) is 4.70. The van der Waals surface area contributed by atoms with Crippen LogP contribution in [-0.4, -0.2) is 9.97 Å². The summed E-state index contributed by atoms with van der Waals surface area (Å²) in [5.41, 5.74) is -0.918. The van der Waals surface area contributed by atoms with Crippen molar-refractivity contribution in [2.75, 3.05) is 5.32 Å². The van der Waals surface area contributed by atoms with Crippen LogP contribution >= 0.6 is 0 Å². The maximum Gasteiger partial charge on any atom is 0.433 e. The second-order valence-corrected chi connectivity index (χ2v) is 4.70. The van der Waals surface area contributed by atoms with Gasteiger partial charge >= 0.3 is 6.18 Å². The summed E-state index contributed by atoms with van der Waals surface area (Å²) in [6, 6.07) is 3.73. The molecule has 0 saturated heterocycles. The van der Waals surface area contributed by atoms with Crippen molar-refractivity contribution in [3.8, 4) is 0 Å². The predicted molar refractivity (Wildman–Crippen MR) is 65.0 cm³/mol. The van der Waals surface area contributed by atoms with Gasteiger partial charge in [-0.05, 0) is 25.0 Å². The van der Waals surface area contributed by atoms with Gasteiger partial charge in [0.1, 0.15) is 17.3 Å². The van der Waals surface area contributed by atoms with E-state index in [-0.39, 0.29) is 12.4 Å². The Hall–Kier alpha value is -2.05. The Balaban J connectivity index is 1.65. The summed E-state index contributed by atoms with van der Waals surface area (Å²) in [6.07, 6.45) is -0.678. The summed E-state index contributed by atoms with van der Waals surface area (Å²) in [7, 11) is 0. The van der Waals surface area contributed by atoms with E-state index in [4.69, 9.17) is 4.42 Å². The number of halogens is 3. The Kier molecular flexibility index (Phi) is 3.11. The molecule has 0 spiro atoms. The van der Waals surface area contributed by atoms with Crippen LogP contribution in [0.1, 0.15) is 36.1 Å². The Bertz CT molecular complexity index is 605. The van der Waals surface area contributed by atoms with Crippen LogP contribution in [0.2, 0.25) is 0 Å². The van der Waals surface area contributed by atoms with Crippen LogP contribution < -0.4 is 5.32 Å². The Morgan fingerprint density at radius 3 is 2.80 bits per heavy atom. The highest BCUT2D eigenvalue weighted by molar-refractivity contribution is 5.36. The van der Waals surface area contributed by atoms with Crippen molar-refractivity contribution >= 4 is 5.82 Å². The third-order valence-electron chi connectivity index (χ3n) is 2.98. The number of pyridine rings is 1. The van der Waals surface area contributed by atoms with Crippen LogP contribution in [0.5, 0.6) is 0 Å². The summed E-state index contributed by atoms with van der Waals surface area (Å²) >= 11 is 0. The van der Waals surface area contributed by atoms with Gasteiger partial charge in [0.05, 0.1) is 12.7 Å². The summed E-state index contributed by atoms with van der Waals surface area (Å²) in [5, 5.41) is 2.80. The van der Waals surface area contributed by atoms with E-state index in [2.05, 4.69) is 15.3 Å². The summed E-state index contributed by atoms with van der Waals surface area (Å²) < 4.78 is 43.0. The quantitative estimate of drug-likeness (QED) is 0.931. The van der Waals surface area contributed by atoms with Crippen molar-refractivity contribution in [1.82, 2.24) is 9.97 Å². The Morgan fingerprint density at radius 1 is 1.30 bits per heavy atom. The van der Waals surface area contributed by atoms with E-state index in [9.17, 15) is 13.2 Å². The lowest BCUT2D eigenvalue weighted by molar-refractivity contribution is -0.141. The molecule has 4 nitrogen and oxygen atoms in total. The molecule has 0 amide bonds. The molecule has 3 rings (SSSR count). The molecule has 0 atom stereocenters. The SMILES string of the molecule is FC(F)(F)c1cccc(NCc2cnc(C3CC3)o2)n1. The van der Waals surface area contributed by atoms with Gasteiger partial charge in [-0.15, -0.1) is 0 Å². The van der Waals surface area contributed by atoms with Crippen LogP contribution in [0.15, 0.2) is 28.8 Å². The highest BCUT2D eigenvalue weighted by atomic mass is 19.4. The maximum atomic E-state index is 12.5. The van der Waals surface area contributed by atoms with Crippen molar-refractivity contribution in [3.05, 3.63) is 41.7 Å². The Morgan fingerprint density at radius 2 is 2.10 bits per heavy atom. The normalized spacial score (nSPS) is 15.3. The summed E-state index contributed by atoms with van der Waals surface area (Å²) in [5.74, 6) is 1.87. The van der Waals surface area contributed by atoms with Gasteiger partial charge in [-0.1, -0.05) is 6.07 Å². The first kappa shape index (κ1) is 13.0. The van der Waals surface area contributed by atoms with E-state index >= 15 is 0 Å². The summed E-state index contributed by atoms with van der Waals surface area (Å²) in [6.45, 7) is 0.258. The number of alkyl halides is 3. The van der Waals surface area contributed by atoms with Gasteiger partial charge in [-0.25, -0.2) is 9.97 Å². The molecule has 1 fully saturated rings. The zero-order chi connectivity index (χ0) is 14.2. The molecule has 0 bridgehead atoms. The van der Waals surface area contributed by atoms with E-state index in [1.165, 1.54) is 12.1 Å². The molecular weight excluding hydrogens is 271 g/mol. The predicted octanol–water partition coefficient (Wildman–Crippen LogP) is 3.58. The Labute approximate surface area is 113 Å². The number of nitrogens with one attached hydrogen (secondary N) is 1. The van der Waals surface area contributed by atoms with Crippen LogP contribution in [0.3, 0.4) is 0 Å². The lowest BCUT2D eigenvalue weighted by Crippen LogP contribution is -2.10. The van der Waals surface area contributed by atoms with E-state index in [1.807, 2.05) is 0 Å². The zero-order valence-electron chi connectivity index (χ0n) is 10.4. The molecule has 1 N–H and O–H groups in total. The number of anilines is 1. The van der Waals surface area contributed by atoms with Crippen LogP contribution in [-0.2, 0) is 12.7 Å². The second kappa shape index (κ2) is 4.81. The highest BCUT2D eigenvalue weighted by Crippen LogP contribution is 2.39. The first-order chi connectivity index (χ1) is 9.52. The van der Waals surface area contributed by atoms with Crippen molar-refractivity contribution < 1.29 is 17.6 Å². The molecule has 1 saturated carbocycles. The van der Waals surface area contributed by atoms with Crippen molar-refractivity contribution in [1.29, 1.82) is 0 Å². The van der Waals surface area contributed by atoms with Crippen LogP contribution in [0.4, 0.5) is 19.0 Å². The van der Waals surface area contributed by atoms with E-state index in [0.29, 0.717) is 17.6 Å². The fourth-order valence-electron chi connectivity index (χ4n) is 1.79. The molecule has 0 radical (unpaired) electrons. The minimum Gasteiger partial charge on any atom is -0.444 e. The van der Waals surface area contributed by atoms with Crippen LogP contribution in [0.25, 0.3) is 0 Å². The number of hydrogen-bond acceptors (Lipinski definition) is 4. The highest BCUT2D eigenvalue weighted by Gasteiger charge is 2.32. The van der Waals surface area contributed by atoms with E-state index < -0.39 is 11.9 Å². The average molecular weight is 283 g/mol. The minimum absolute atomic E-state index is 0.157. The number of aromatic nitrogens is 2. The standard InChI is InChI=1S/C13H12F3N3O/c14-13(15,16)10-2-1-3-11(19-10)17-6-9-7-18-12(20-9)8-4-5-8/h1-3,7-8H,4-6H2,(H,17,19). The average Bonchev–Trinajstić information content (AvgIpc) is 3.15. The number of oxazole rings is 1. The lowest BCUT2D eigenvalue weighted by Gasteiger charge is -2.08. The largest absolute Gasteiger partial charge is 0.444 e. The fourth-order valence-corrected chi connectivity index (χ4v) is 1.79. The van der Waals surface area contributed by atoms with Gasteiger partial charge in [0.25, 0.3) is 0 Å². The third kappa shape index (κ3) is 2.92. The van der Waals surface area contributed by atoms with Gasteiger partial charge in [0, 0.05) is 5.92 Å². The smallest absolute Gasteiger partial charge is 0.433 e. The first-order valence-electron chi connectivity index (χ1n) is 6.25. The minimum atomic E-state index is -4.44. The van der Waals surface area contributed by atoms with Crippen LogP contribution in [0, 0.1) is 0 Å². The van der Waals surface area contributed by atoms with Crippen molar-refractivity contribution in [3.63, 3.8) is 0 Å². The molecular formula is C13H12F3N3O. The molecule has 2 heterocycles. The summed E-state index contributed by atoms with van der Waals surface area (Å²) in [4.78, 5) is 7.66. The molecule has 0 aromatic carbocycles. The molecule has 2 aromatic heterocycles. The van der Waals surface area contributed by atoms with Gasteiger partial charge < -0.3 is 9.73 Å². The molecule has 7 heteroatoms. The van der Waals surface area contributed by atoms with Gasteiger partial charge in [0.2, 0.25) is 0 Å². The molecule has 1 aliphatic carbocycles. The van der Waals surface area contributed by atoms with Crippen molar-refractivity contribution in [2.45, 2.75) is 31.5 Å². The molecule has 1 aliphatic rings. The molecule has 0 aliphatic heterocycles. The number of rotatable bonds is 4. The molecule has 106 valence electrons. The van der Waals surface area contributed by atoms with E-state index in [0.717, 1.165) is 18.9 Å². The fraction of sp³-hybridized carbons (Fsp3) is 0.385.